The number of benzene rings is 1. The van der Waals surface area contributed by atoms with E-state index in [0.717, 1.165) is 6.92 Å². The van der Waals surface area contributed by atoms with Crippen LogP contribution in [0.5, 0.6) is 5.88 Å². The fourth-order valence-electron chi connectivity index (χ4n) is 2.31. The minimum Gasteiger partial charge on any atom is -0.468 e. The standard InChI is InChI=1S/C17H14F4N4OS/c1-7(14(20)21)26-16-10(9-3-4-11(22)13(19)12(9)18)5-8-6-23-17(27-2)25-15(8)24-16/h3-7,14H,22H2,1-2H3. The number of hydrogen-bond donors (Lipinski definition) is 1. The van der Waals surface area contributed by atoms with Gasteiger partial charge in [-0.15, -0.1) is 0 Å². The zero-order valence-corrected chi connectivity index (χ0v) is 15.0. The van der Waals surface area contributed by atoms with Crippen molar-refractivity contribution in [3.05, 3.63) is 36.0 Å². The molecule has 142 valence electrons. The first-order valence-electron chi connectivity index (χ1n) is 7.72. The van der Waals surface area contributed by atoms with Crippen LogP contribution in [0.3, 0.4) is 0 Å². The Labute approximate surface area is 156 Å². The van der Waals surface area contributed by atoms with Crippen LogP contribution in [0.25, 0.3) is 22.2 Å². The van der Waals surface area contributed by atoms with Gasteiger partial charge < -0.3 is 10.5 Å². The second-order valence-corrected chi connectivity index (χ2v) is 6.37. The summed E-state index contributed by atoms with van der Waals surface area (Å²) in [4.78, 5) is 12.4. The third-order valence-corrected chi connectivity index (χ3v) is 4.31. The highest BCUT2D eigenvalue weighted by Gasteiger charge is 2.23. The molecule has 0 aliphatic carbocycles. The van der Waals surface area contributed by atoms with Crippen LogP contribution in [0.4, 0.5) is 23.2 Å². The number of nitrogens with two attached hydrogens (primary N) is 1. The van der Waals surface area contributed by atoms with Gasteiger partial charge in [-0.1, -0.05) is 11.8 Å². The molecule has 0 aliphatic rings. The molecule has 0 fully saturated rings. The van der Waals surface area contributed by atoms with E-state index < -0.39 is 24.2 Å². The van der Waals surface area contributed by atoms with Crippen LogP contribution in [-0.2, 0) is 0 Å². The Kier molecular flexibility index (Phi) is 5.36. The molecule has 0 aliphatic heterocycles. The Morgan fingerprint density at radius 3 is 2.52 bits per heavy atom. The van der Waals surface area contributed by atoms with Gasteiger partial charge in [-0.05, 0) is 31.4 Å². The number of aromatic nitrogens is 3. The van der Waals surface area contributed by atoms with Gasteiger partial charge in [0.15, 0.2) is 28.5 Å². The molecule has 0 radical (unpaired) electrons. The van der Waals surface area contributed by atoms with E-state index in [2.05, 4.69) is 15.0 Å². The number of alkyl halides is 2. The van der Waals surface area contributed by atoms with E-state index in [1.54, 1.807) is 6.26 Å². The molecule has 2 N–H and O–H groups in total. The summed E-state index contributed by atoms with van der Waals surface area (Å²) >= 11 is 1.27. The molecule has 1 unspecified atom stereocenters. The number of rotatable bonds is 5. The fourth-order valence-corrected chi connectivity index (χ4v) is 2.65. The molecule has 2 heterocycles. The van der Waals surface area contributed by atoms with E-state index in [4.69, 9.17) is 10.5 Å². The van der Waals surface area contributed by atoms with Gasteiger partial charge in [-0.25, -0.2) is 27.5 Å². The van der Waals surface area contributed by atoms with E-state index in [1.165, 1.54) is 36.2 Å². The van der Waals surface area contributed by atoms with Crippen LogP contribution in [0.2, 0.25) is 0 Å². The second kappa shape index (κ2) is 7.55. The van der Waals surface area contributed by atoms with Crippen LogP contribution in [-0.4, -0.2) is 33.7 Å². The first-order chi connectivity index (χ1) is 12.8. The minimum atomic E-state index is -2.80. The molecule has 1 aromatic carbocycles. The number of hydrogen-bond acceptors (Lipinski definition) is 6. The van der Waals surface area contributed by atoms with Gasteiger partial charge in [-0.3, -0.25) is 0 Å². The number of anilines is 1. The highest BCUT2D eigenvalue weighted by molar-refractivity contribution is 7.98. The van der Waals surface area contributed by atoms with Crippen LogP contribution in [0.15, 0.2) is 29.6 Å². The number of nitrogen functional groups attached to an aromatic ring is 1. The largest absolute Gasteiger partial charge is 0.468 e. The van der Waals surface area contributed by atoms with E-state index in [0.29, 0.717) is 10.5 Å². The van der Waals surface area contributed by atoms with Crippen LogP contribution in [0, 0.1) is 11.6 Å². The highest BCUT2D eigenvalue weighted by atomic mass is 32.2. The van der Waals surface area contributed by atoms with Crippen molar-refractivity contribution in [3.8, 4) is 17.0 Å². The summed E-state index contributed by atoms with van der Waals surface area (Å²) in [5.41, 5.74) is 4.95. The predicted octanol–water partition coefficient (Wildman–Crippen LogP) is 4.31. The molecule has 27 heavy (non-hydrogen) atoms. The maximum absolute atomic E-state index is 14.4. The molecule has 0 amide bonds. The molecular formula is C17H14F4N4OS. The van der Waals surface area contributed by atoms with E-state index >= 15 is 0 Å². The van der Waals surface area contributed by atoms with Gasteiger partial charge in [0.1, 0.15) is 0 Å². The molecule has 5 nitrogen and oxygen atoms in total. The number of halogens is 4. The molecule has 3 aromatic rings. The summed E-state index contributed by atoms with van der Waals surface area (Å²) in [6.45, 7) is 1.15. The van der Waals surface area contributed by atoms with Gasteiger partial charge in [0, 0.05) is 22.7 Å². The van der Waals surface area contributed by atoms with E-state index in [1.807, 2.05) is 0 Å². The quantitative estimate of drug-likeness (QED) is 0.299. The lowest BCUT2D eigenvalue weighted by Crippen LogP contribution is -2.22. The Bertz CT molecular complexity index is 1000. The lowest BCUT2D eigenvalue weighted by Gasteiger charge is -2.17. The number of fused-ring (bicyclic) bond motifs is 1. The third kappa shape index (κ3) is 3.75. The molecule has 0 bridgehead atoms. The van der Waals surface area contributed by atoms with Gasteiger partial charge in [0.2, 0.25) is 5.88 Å². The summed E-state index contributed by atoms with van der Waals surface area (Å²) in [7, 11) is 0. The summed E-state index contributed by atoms with van der Waals surface area (Å²) in [5, 5.41) is 0.830. The van der Waals surface area contributed by atoms with E-state index in [-0.39, 0.29) is 28.3 Å². The normalized spacial score (nSPS) is 12.6. The lowest BCUT2D eigenvalue weighted by molar-refractivity contribution is 0.0206. The van der Waals surface area contributed by atoms with Gasteiger partial charge in [-0.2, -0.15) is 4.98 Å². The fraction of sp³-hybridized carbons (Fsp3) is 0.235. The Balaban J connectivity index is 2.24. The predicted molar refractivity (Wildman–Crippen MR) is 95.0 cm³/mol. The monoisotopic (exact) mass is 398 g/mol. The van der Waals surface area contributed by atoms with Crippen molar-refractivity contribution in [1.82, 2.24) is 15.0 Å². The average Bonchev–Trinajstić information content (AvgIpc) is 2.65. The zero-order valence-electron chi connectivity index (χ0n) is 14.2. The molecule has 0 spiro atoms. The molecular weight excluding hydrogens is 384 g/mol. The molecule has 0 saturated heterocycles. The van der Waals surface area contributed by atoms with Gasteiger partial charge in [0.05, 0.1) is 5.69 Å². The maximum Gasteiger partial charge on any atom is 0.274 e. The van der Waals surface area contributed by atoms with Crippen molar-refractivity contribution < 1.29 is 22.3 Å². The van der Waals surface area contributed by atoms with Crippen LogP contribution < -0.4 is 10.5 Å². The lowest BCUT2D eigenvalue weighted by atomic mass is 10.0. The first kappa shape index (κ1) is 19.2. The van der Waals surface area contributed by atoms with Crippen molar-refractivity contribution in [2.75, 3.05) is 12.0 Å². The van der Waals surface area contributed by atoms with Crippen molar-refractivity contribution in [2.24, 2.45) is 0 Å². The van der Waals surface area contributed by atoms with Crippen molar-refractivity contribution in [3.63, 3.8) is 0 Å². The Morgan fingerprint density at radius 2 is 1.85 bits per heavy atom. The van der Waals surface area contributed by atoms with E-state index in [9.17, 15) is 17.6 Å². The number of ether oxygens (including phenoxy) is 1. The van der Waals surface area contributed by atoms with Crippen LogP contribution in [0.1, 0.15) is 6.92 Å². The molecule has 1 atom stereocenters. The Morgan fingerprint density at radius 1 is 1.11 bits per heavy atom. The molecule has 10 heteroatoms. The summed E-state index contributed by atoms with van der Waals surface area (Å²) in [5.74, 6) is -2.76. The van der Waals surface area contributed by atoms with Crippen molar-refractivity contribution in [2.45, 2.75) is 24.6 Å². The van der Waals surface area contributed by atoms with Crippen molar-refractivity contribution >= 4 is 28.5 Å². The Hall–Kier alpha value is -2.62. The topological polar surface area (TPSA) is 73.9 Å². The third-order valence-electron chi connectivity index (χ3n) is 3.75. The minimum absolute atomic E-state index is 0.00750. The average molecular weight is 398 g/mol. The maximum atomic E-state index is 14.4. The highest BCUT2D eigenvalue weighted by Crippen LogP contribution is 2.36. The first-order valence-corrected chi connectivity index (χ1v) is 8.94. The van der Waals surface area contributed by atoms with Gasteiger partial charge >= 0.3 is 0 Å². The molecule has 3 rings (SSSR count). The number of thioether (sulfide) groups is 1. The van der Waals surface area contributed by atoms with Crippen LogP contribution >= 0.6 is 11.8 Å². The summed E-state index contributed by atoms with van der Waals surface area (Å²) < 4.78 is 59.4. The SMILES string of the molecule is CSc1ncc2cc(-c3ccc(N)c(F)c3F)c(OC(C)C(F)F)nc2n1. The summed E-state index contributed by atoms with van der Waals surface area (Å²) in [6, 6.07) is 3.81. The van der Waals surface area contributed by atoms with Gasteiger partial charge in [0.25, 0.3) is 6.43 Å². The van der Waals surface area contributed by atoms with Crippen molar-refractivity contribution in [1.29, 1.82) is 0 Å². The smallest absolute Gasteiger partial charge is 0.274 e. The number of nitrogens with zero attached hydrogens (tertiary/aromatic N) is 3. The summed E-state index contributed by atoms with van der Waals surface area (Å²) in [6.07, 6.45) is -1.10. The molecule has 2 aromatic heterocycles. The number of pyridine rings is 1. The molecule has 0 saturated carbocycles. The second-order valence-electron chi connectivity index (χ2n) is 5.60. The zero-order chi connectivity index (χ0) is 19.7.